The van der Waals surface area contributed by atoms with Crippen molar-refractivity contribution < 1.29 is 29.7 Å². The van der Waals surface area contributed by atoms with Crippen LogP contribution in [0.5, 0.6) is 5.75 Å². The lowest BCUT2D eigenvalue weighted by molar-refractivity contribution is -0.138. The maximum Gasteiger partial charge on any atom is 0.306 e. The Kier molecular flexibility index (Phi) is 7.28. The number of fused-ring (bicyclic) bond motifs is 1. The van der Waals surface area contributed by atoms with E-state index in [2.05, 4.69) is 5.16 Å². The van der Waals surface area contributed by atoms with Crippen LogP contribution in [0.1, 0.15) is 31.2 Å². The zero-order chi connectivity index (χ0) is 20.8. The molecule has 2 aliphatic rings. The van der Waals surface area contributed by atoms with E-state index in [1.807, 2.05) is 37.3 Å². The van der Waals surface area contributed by atoms with Gasteiger partial charge in [0.25, 0.3) is 0 Å². The second-order valence-corrected chi connectivity index (χ2v) is 7.93. The molecule has 0 heterocycles. The van der Waals surface area contributed by atoms with Crippen LogP contribution in [0.4, 0.5) is 0 Å². The summed E-state index contributed by atoms with van der Waals surface area (Å²) in [6.45, 7) is 2.20. The molecule has 0 saturated heterocycles. The van der Waals surface area contributed by atoms with Gasteiger partial charge in [-0.05, 0) is 55.7 Å². The molecular formula is C22H29NO6. The highest BCUT2D eigenvalue weighted by Gasteiger charge is 2.46. The van der Waals surface area contributed by atoms with E-state index in [4.69, 9.17) is 14.7 Å². The van der Waals surface area contributed by atoms with Gasteiger partial charge in [-0.15, -0.1) is 0 Å². The molecule has 7 nitrogen and oxygen atoms in total. The Labute approximate surface area is 170 Å². The van der Waals surface area contributed by atoms with Gasteiger partial charge < -0.3 is 24.9 Å². The molecule has 2 aliphatic carbocycles. The summed E-state index contributed by atoms with van der Waals surface area (Å²) in [5, 5.41) is 33.3. The number of benzene rings is 1. The minimum absolute atomic E-state index is 0.0414. The third kappa shape index (κ3) is 6.05. The Morgan fingerprint density at radius 1 is 1.38 bits per heavy atom. The van der Waals surface area contributed by atoms with E-state index < -0.39 is 18.2 Å². The summed E-state index contributed by atoms with van der Waals surface area (Å²) in [6.07, 6.45) is 4.52. The van der Waals surface area contributed by atoms with Crippen molar-refractivity contribution in [2.75, 3.05) is 13.2 Å². The molecule has 0 aliphatic heterocycles. The number of aliphatic hydroxyl groups is 2. The number of carbonyl (C=O) groups is 1. The molecule has 1 unspecified atom stereocenters. The number of ether oxygens (including phenoxy) is 1. The van der Waals surface area contributed by atoms with Crippen molar-refractivity contribution in [2.45, 2.75) is 44.8 Å². The molecule has 2 saturated carbocycles. The normalized spacial score (nSPS) is 28.6. The molecule has 0 spiro atoms. The average molecular weight is 403 g/mol. The van der Waals surface area contributed by atoms with E-state index in [0.717, 1.165) is 29.9 Å². The maximum absolute atomic E-state index is 10.5. The van der Waals surface area contributed by atoms with Crippen LogP contribution in [0.2, 0.25) is 0 Å². The van der Waals surface area contributed by atoms with Crippen molar-refractivity contribution in [1.82, 2.24) is 0 Å². The number of hydrogen-bond acceptors (Lipinski definition) is 6. The lowest BCUT2D eigenvalue weighted by atomic mass is 9.90. The lowest BCUT2D eigenvalue weighted by Crippen LogP contribution is -2.20. The first-order valence-corrected chi connectivity index (χ1v) is 10.1. The van der Waals surface area contributed by atoms with Gasteiger partial charge in [0.1, 0.15) is 25.1 Å². The molecule has 5 atom stereocenters. The van der Waals surface area contributed by atoms with E-state index in [1.54, 1.807) is 6.08 Å². The summed E-state index contributed by atoms with van der Waals surface area (Å²) in [5.41, 5.74) is 2.01. The molecule has 0 radical (unpaired) electrons. The first kappa shape index (κ1) is 21.3. The number of oxime groups is 1. The Morgan fingerprint density at radius 2 is 2.21 bits per heavy atom. The number of carboxylic acid groups (broad SMARTS) is 1. The fourth-order valence-corrected chi connectivity index (χ4v) is 4.25. The number of aryl methyl sites for hydroxylation is 1. The van der Waals surface area contributed by atoms with Crippen LogP contribution < -0.4 is 4.74 Å². The first-order chi connectivity index (χ1) is 13.9. The van der Waals surface area contributed by atoms with Gasteiger partial charge in [0.15, 0.2) is 0 Å². The maximum atomic E-state index is 10.5. The van der Waals surface area contributed by atoms with Gasteiger partial charge >= 0.3 is 5.97 Å². The van der Waals surface area contributed by atoms with Crippen molar-refractivity contribution in [3.05, 3.63) is 42.0 Å². The number of rotatable bonds is 9. The zero-order valence-electron chi connectivity index (χ0n) is 16.6. The van der Waals surface area contributed by atoms with Gasteiger partial charge in [-0.3, -0.25) is 4.79 Å². The third-order valence-electron chi connectivity index (χ3n) is 5.62. The molecule has 7 heteroatoms. The van der Waals surface area contributed by atoms with Crippen LogP contribution in [-0.4, -0.2) is 52.4 Å². The van der Waals surface area contributed by atoms with Crippen LogP contribution in [0.3, 0.4) is 0 Å². The lowest BCUT2D eigenvalue weighted by Gasteiger charge is -2.17. The molecule has 1 aromatic rings. The fraction of sp³-hybridized carbons (Fsp3) is 0.545. The van der Waals surface area contributed by atoms with Crippen molar-refractivity contribution in [1.29, 1.82) is 0 Å². The van der Waals surface area contributed by atoms with Gasteiger partial charge in [-0.2, -0.15) is 0 Å². The predicted octanol–water partition coefficient (Wildman–Crippen LogP) is 2.55. The number of hydrogen-bond donors (Lipinski definition) is 3. The number of nitrogens with zero attached hydrogens (tertiary/aromatic N) is 1. The summed E-state index contributed by atoms with van der Waals surface area (Å²) in [4.78, 5) is 15.6. The molecule has 0 bridgehead atoms. The molecule has 158 valence electrons. The highest BCUT2D eigenvalue weighted by Crippen LogP contribution is 2.47. The fourth-order valence-electron chi connectivity index (χ4n) is 4.25. The molecule has 29 heavy (non-hydrogen) atoms. The first-order valence-electron chi connectivity index (χ1n) is 10.1. The zero-order valence-corrected chi connectivity index (χ0v) is 16.6. The van der Waals surface area contributed by atoms with Gasteiger partial charge in [-0.25, -0.2) is 0 Å². The molecule has 0 aromatic heterocycles. The van der Waals surface area contributed by atoms with Gasteiger partial charge in [0.05, 0.1) is 18.2 Å². The quantitative estimate of drug-likeness (QED) is 0.332. The van der Waals surface area contributed by atoms with Gasteiger partial charge in [0.2, 0.25) is 0 Å². The number of aliphatic carboxylic acids is 1. The molecule has 1 aromatic carbocycles. The SMILES string of the molecule is Cc1cccc(OCC(O)C=C[C@@H]2[C@@H]3CC(=NOCCC(=O)O)C[C@H]3C[C@H]2O)c1. The van der Waals surface area contributed by atoms with E-state index in [9.17, 15) is 15.0 Å². The largest absolute Gasteiger partial charge is 0.491 e. The third-order valence-corrected chi connectivity index (χ3v) is 5.62. The van der Waals surface area contributed by atoms with Gasteiger partial charge in [0, 0.05) is 5.92 Å². The summed E-state index contributed by atoms with van der Waals surface area (Å²) in [6, 6.07) is 7.66. The number of carboxylic acids is 1. The van der Waals surface area contributed by atoms with Gasteiger partial charge in [-0.1, -0.05) is 29.4 Å². The second kappa shape index (κ2) is 9.89. The highest BCUT2D eigenvalue weighted by molar-refractivity contribution is 5.86. The molecule has 2 fully saturated rings. The van der Waals surface area contributed by atoms with E-state index >= 15 is 0 Å². The highest BCUT2D eigenvalue weighted by atomic mass is 16.6. The van der Waals surface area contributed by atoms with Crippen molar-refractivity contribution in [2.24, 2.45) is 22.9 Å². The summed E-state index contributed by atoms with van der Waals surface area (Å²) in [5.74, 6) is 0.361. The van der Waals surface area contributed by atoms with Crippen LogP contribution in [-0.2, 0) is 9.63 Å². The predicted molar refractivity (Wildman–Crippen MR) is 108 cm³/mol. The van der Waals surface area contributed by atoms with E-state index in [1.165, 1.54) is 0 Å². The Hall–Kier alpha value is -2.38. The van der Waals surface area contributed by atoms with Crippen molar-refractivity contribution in [3.8, 4) is 5.75 Å². The smallest absolute Gasteiger partial charge is 0.306 e. The molecule has 0 amide bonds. The van der Waals surface area contributed by atoms with Crippen molar-refractivity contribution in [3.63, 3.8) is 0 Å². The van der Waals surface area contributed by atoms with E-state index in [-0.39, 0.29) is 31.5 Å². The van der Waals surface area contributed by atoms with Crippen molar-refractivity contribution >= 4 is 11.7 Å². The minimum Gasteiger partial charge on any atom is -0.491 e. The Balaban J connectivity index is 1.49. The minimum atomic E-state index is -0.910. The number of aliphatic hydroxyl groups excluding tert-OH is 2. The standard InChI is InChI=1S/C22H29NO6/c1-14-3-2-4-18(9-14)28-13-17(24)5-6-19-20-12-16(10-15(20)11-21(19)25)23-29-8-7-22(26)27/h2-6,9,15,17,19-21,24-25H,7-8,10-13H2,1H3,(H,26,27)/t15-,17?,19+,20+,21+/m0/s1. The Bertz CT molecular complexity index is 761. The summed E-state index contributed by atoms with van der Waals surface area (Å²) < 4.78 is 5.62. The second-order valence-electron chi connectivity index (χ2n) is 7.93. The Morgan fingerprint density at radius 3 is 2.97 bits per heavy atom. The van der Waals surface area contributed by atoms with Crippen LogP contribution in [0.15, 0.2) is 41.6 Å². The van der Waals surface area contributed by atoms with Crippen LogP contribution in [0, 0.1) is 24.7 Å². The monoisotopic (exact) mass is 403 g/mol. The van der Waals surface area contributed by atoms with Crippen LogP contribution >= 0.6 is 0 Å². The molecule has 3 N–H and O–H groups in total. The molecule has 3 rings (SSSR count). The summed E-state index contributed by atoms with van der Waals surface area (Å²) >= 11 is 0. The summed E-state index contributed by atoms with van der Waals surface area (Å²) in [7, 11) is 0. The van der Waals surface area contributed by atoms with Crippen LogP contribution in [0.25, 0.3) is 0 Å². The van der Waals surface area contributed by atoms with E-state index in [0.29, 0.717) is 12.3 Å². The molecular weight excluding hydrogens is 374 g/mol. The topological polar surface area (TPSA) is 109 Å². The average Bonchev–Trinajstić information content (AvgIpc) is 3.18.